The highest BCUT2D eigenvalue weighted by Gasteiger charge is 2.32. The van der Waals surface area contributed by atoms with E-state index in [1.807, 2.05) is 37.5 Å². The standard InChI is InChI=1S/C21H18F3N3O/c1-26-11-16(10-25-26)19-13-27(12-15-4-2-3-5-18(15)19)20(28)14-6-8-17(9-7-14)21(22,23)24/h2-11,19H,12-13H2,1H3. The molecule has 1 amide bonds. The van der Waals surface area contributed by atoms with Gasteiger partial charge in [0.2, 0.25) is 0 Å². The number of benzene rings is 2. The normalized spacial score (nSPS) is 16.7. The van der Waals surface area contributed by atoms with Gasteiger partial charge in [0.1, 0.15) is 0 Å². The van der Waals surface area contributed by atoms with E-state index in [4.69, 9.17) is 0 Å². The van der Waals surface area contributed by atoms with Crippen molar-refractivity contribution in [2.45, 2.75) is 18.6 Å². The molecule has 1 aliphatic heterocycles. The molecule has 0 spiro atoms. The zero-order valence-electron chi connectivity index (χ0n) is 15.1. The van der Waals surface area contributed by atoms with Gasteiger partial charge in [-0.1, -0.05) is 24.3 Å². The average Bonchev–Trinajstić information content (AvgIpc) is 3.12. The Morgan fingerprint density at radius 2 is 1.82 bits per heavy atom. The van der Waals surface area contributed by atoms with Gasteiger partial charge in [-0.05, 0) is 41.0 Å². The molecule has 4 rings (SSSR count). The van der Waals surface area contributed by atoms with E-state index in [0.29, 0.717) is 13.1 Å². The zero-order chi connectivity index (χ0) is 19.9. The van der Waals surface area contributed by atoms with E-state index in [1.54, 1.807) is 15.8 Å². The van der Waals surface area contributed by atoms with E-state index in [0.717, 1.165) is 28.8 Å². The van der Waals surface area contributed by atoms with E-state index in [1.165, 1.54) is 12.1 Å². The zero-order valence-corrected chi connectivity index (χ0v) is 15.1. The van der Waals surface area contributed by atoms with Crippen LogP contribution in [0.4, 0.5) is 13.2 Å². The number of hydrogen-bond donors (Lipinski definition) is 0. The van der Waals surface area contributed by atoms with Crippen molar-refractivity contribution in [1.82, 2.24) is 14.7 Å². The van der Waals surface area contributed by atoms with E-state index in [-0.39, 0.29) is 17.4 Å². The van der Waals surface area contributed by atoms with E-state index in [9.17, 15) is 18.0 Å². The van der Waals surface area contributed by atoms with Crippen molar-refractivity contribution in [2.75, 3.05) is 6.54 Å². The second kappa shape index (κ2) is 6.82. The van der Waals surface area contributed by atoms with Crippen LogP contribution in [0.3, 0.4) is 0 Å². The summed E-state index contributed by atoms with van der Waals surface area (Å²) in [6.07, 6.45) is -0.710. The summed E-state index contributed by atoms with van der Waals surface area (Å²) in [4.78, 5) is 14.7. The molecule has 0 fully saturated rings. The van der Waals surface area contributed by atoms with Crippen LogP contribution in [0, 0.1) is 0 Å². The van der Waals surface area contributed by atoms with Gasteiger partial charge in [-0.15, -0.1) is 0 Å². The molecule has 2 heterocycles. The molecule has 0 saturated carbocycles. The molecule has 1 atom stereocenters. The Morgan fingerprint density at radius 1 is 1.11 bits per heavy atom. The van der Waals surface area contributed by atoms with Crippen LogP contribution in [-0.2, 0) is 19.8 Å². The Balaban J connectivity index is 1.64. The van der Waals surface area contributed by atoms with E-state index < -0.39 is 11.7 Å². The van der Waals surface area contributed by atoms with Gasteiger partial charge in [0.05, 0.1) is 11.8 Å². The lowest BCUT2D eigenvalue weighted by Gasteiger charge is -2.34. The van der Waals surface area contributed by atoms with Crippen LogP contribution in [0.2, 0.25) is 0 Å². The Kier molecular flexibility index (Phi) is 4.45. The molecule has 2 aromatic carbocycles. The third-order valence-electron chi connectivity index (χ3n) is 5.07. The Hall–Kier alpha value is -3.09. The maximum atomic E-state index is 13.0. The van der Waals surface area contributed by atoms with Gasteiger partial charge in [-0.25, -0.2) is 0 Å². The van der Waals surface area contributed by atoms with Crippen LogP contribution in [-0.4, -0.2) is 27.1 Å². The van der Waals surface area contributed by atoms with Crippen molar-refractivity contribution in [1.29, 1.82) is 0 Å². The highest BCUT2D eigenvalue weighted by molar-refractivity contribution is 5.94. The molecule has 0 saturated heterocycles. The second-order valence-corrected chi connectivity index (χ2v) is 6.96. The molecule has 28 heavy (non-hydrogen) atoms. The number of aryl methyl sites for hydroxylation is 1. The van der Waals surface area contributed by atoms with Gasteiger partial charge in [0, 0.05) is 37.8 Å². The predicted molar refractivity (Wildman–Crippen MR) is 97.7 cm³/mol. The van der Waals surface area contributed by atoms with Crippen LogP contribution in [0.25, 0.3) is 0 Å². The summed E-state index contributed by atoms with van der Waals surface area (Å²) in [6, 6.07) is 12.3. The minimum absolute atomic E-state index is 0.0305. The first-order valence-corrected chi connectivity index (χ1v) is 8.86. The van der Waals surface area contributed by atoms with Crippen molar-refractivity contribution >= 4 is 5.91 Å². The molecule has 1 aromatic heterocycles. The summed E-state index contributed by atoms with van der Waals surface area (Å²) in [6.45, 7) is 0.870. The molecule has 3 aromatic rings. The number of aromatic nitrogens is 2. The smallest absolute Gasteiger partial charge is 0.333 e. The van der Waals surface area contributed by atoms with Gasteiger partial charge in [0.15, 0.2) is 0 Å². The lowest BCUT2D eigenvalue weighted by atomic mass is 9.86. The van der Waals surface area contributed by atoms with Crippen molar-refractivity contribution in [3.63, 3.8) is 0 Å². The molecule has 4 nitrogen and oxygen atoms in total. The molecule has 144 valence electrons. The minimum atomic E-state index is -4.42. The number of hydrogen-bond acceptors (Lipinski definition) is 2. The summed E-state index contributed by atoms with van der Waals surface area (Å²) in [5.74, 6) is -0.311. The Bertz CT molecular complexity index is 1010. The number of rotatable bonds is 2. The van der Waals surface area contributed by atoms with Gasteiger partial charge >= 0.3 is 6.18 Å². The molecule has 7 heteroatoms. The minimum Gasteiger partial charge on any atom is -0.333 e. The van der Waals surface area contributed by atoms with Crippen LogP contribution >= 0.6 is 0 Å². The van der Waals surface area contributed by atoms with Crippen LogP contribution in [0.1, 0.15) is 38.5 Å². The molecule has 1 unspecified atom stereocenters. The maximum Gasteiger partial charge on any atom is 0.416 e. The third kappa shape index (κ3) is 3.40. The van der Waals surface area contributed by atoms with Crippen molar-refractivity contribution in [3.8, 4) is 0 Å². The number of nitrogens with zero attached hydrogens (tertiary/aromatic N) is 3. The highest BCUT2D eigenvalue weighted by atomic mass is 19.4. The number of halogens is 3. The van der Waals surface area contributed by atoms with Crippen LogP contribution in [0.15, 0.2) is 60.9 Å². The topological polar surface area (TPSA) is 38.1 Å². The monoisotopic (exact) mass is 385 g/mol. The summed E-state index contributed by atoms with van der Waals surface area (Å²) in [7, 11) is 1.84. The fraction of sp³-hybridized carbons (Fsp3) is 0.238. The largest absolute Gasteiger partial charge is 0.416 e. The number of fused-ring (bicyclic) bond motifs is 1. The van der Waals surface area contributed by atoms with Crippen molar-refractivity contribution < 1.29 is 18.0 Å². The Morgan fingerprint density at radius 3 is 2.46 bits per heavy atom. The Labute approximate surface area is 160 Å². The second-order valence-electron chi connectivity index (χ2n) is 6.96. The first-order chi connectivity index (χ1) is 13.3. The first-order valence-electron chi connectivity index (χ1n) is 8.86. The summed E-state index contributed by atoms with van der Waals surface area (Å²) in [5, 5.41) is 4.23. The predicted octanol–water partition coefficient (Wildman–Crippen LogP) is 4.23. The number of amides is 1. The molecule has 0 radical (unpaired) electrons. The quantitative estimate of drug-likeness (QED) is 0.662. The van der Waals surface area contributed by atoms with E-state index >= 15 is 0 Å². The SMILES string of the molecule is Cn1cc(C2CN(C(=O)c3ccc(C(F)(F)F)cc3)Cc3ccccc32)cn1. The highest BCUT2D eigenvalue weighted by Crippen LogP contribution is 2.34. The first kappa shape index (κ1) is 18.3. The molecule has 0 N–H and O–H groups in total. The van der Waals surface area contributed by atoms with Crippen molar-refractivity contribution in [3.05, 3.63) is 88.7 Å². The number of carbonyl (C=O) groups is 1. The van der Waals surface area contributed by atoms with Gasteiger partial charge < -0.3 is 4.90 Å². The molecular weight excluding hydrogens is 367 g/mol. The third-order valence-corrected chi connectivity index (χ3v) is 5.07. The van der Waals surface area contributed by atoms with Crippen LogP contribution < -0.4 is 0 Å². The fourth-order valence-electron chi connectivity index (χ4n) is 3.65. The number of alkyl halides is 3. The molecular formula is C21H18F3N3O. The van der Waals surface area contributed by atoms with Gasteiger partial charge in [-0.3, -0.25) is 9.48 Å². The van der Waals surface area contributed by atoms with E-state index in [2.05, 4.69) is 5.10 Å². The number of carbonyl (C=O) groups excluding carboxylic acids is 1. The lowest BCUT2D eigenvalue weighted by Crippen LogP contribution is -2.38. The molecule has 0 bridgehead atoms. The van der Waals surface area contributed by atoms with Gasteiger partial charge in [0.25, 0.3) is 5.91 Å². The summed E-state index contributed by atoms with van der Waals surface area (Å²) >= 11 is 0. The average molecular weight is 385 g/mol. The lowest BCUT2D eigenvalue weighted by molar-refractivity contribution is -0.137. The van der Waals surface area contributed by atoms with Crippen LogP contribution in [0.5, 0.6) is 0 Å². The van der Waals surface area contributed by atoms with Gasteiger partial charge in [-0.2, -0.15) is 18.3 Å². The summed E-state index contributed by atoms with van der Waals surface area (Å²) in [5.41, 5.74) is 2.66. The fourth-order valence-corrected chi connectivity index (χ4v) is 3.65. The van der Waals surface area contributed by atoms with Crippen molar-refractivity contribution in [2.24, 2.45) is 7.05 Å². The molecule has 1 aliphatic rings. The summed E-state index contributed by atoms with van der Waals surface area (Å²) < 4.78 is 40.1. The maximum absolute atomic E-state index is 13.0. The molecule has 0 aliphatic carbocycles.